The van der Waals surface area contributed by atoms with Gasteiger partial charge in [-0.3, -0.25) is 11.3 Å². The summed E-state index contributed by atoms with van der Waals surface area (Å²) in [4.78, 5) is 0. The predicted octanol–water partition coefficient (Wildman–Crippen LogP) is 2.45. The zero-order valence-electron chi connectivity index (χ0n) is 10.3. The molecule has 0 saturated heterocycles. The van der Waals surface area contributed by atoms with Gasteiger partial charge in [-0.15, -0.1) is 11.8 Å². The zero-order valence-corrected chi connectivity index (χ0v) is 10.3. The average Bonchev–Trinajstić information content (AvgIpc) is 2.20. The van der Waals surface area contributed by atoms with Crippen LogP contribution < -0.4 is 11.3 Å². The van der Waals surface area contributed by atoms with Crippen LogP contribution in [0.1, 0.15) is 52.9 Å². The Morgan fingerprint density at radius 2 is 2.20 bits per heavy atom. The van der Waals surface area contributed by atoms with Crippen molar-refractivity contribution in [1.82, 2.24) is 5.43 Å². The fourth-order valence-corrected chi connectivity index (χ4v) is 2.80. The first kappa shape index (κ1) is 12.5. The summed E-state index contributed by atoms with van der Waals surface area (Å²) in [6.45, 7) is 6.61. The number of hydrazine groups is 1. The van der Waals surface area contributed by atoms with Gasteiger partial charge >= 0.3 is 0 Å². The largest absolute Gasteiger partial charge is 0.271 e. The quantitative estimate of drug-likeness (QED) is 0.425. The first-order valence-corrected chi connectivity index (χ1v) is 5.97. The molecule has 0 spiro atoms. The van der Waals surface area contributed by atoms with Crippen molar-refractivity contribution in [3.8, 4) is 11.8 Å². The predicted molar refractivity (Wildman–Crippen MR) is 64.9 cm³/mol. The number of nitrogens with two attached hydrogens (primary N) is 1. The van der Waals surface area contributed by atoms with Gasteiger partial charge in [0.1, 0.15) is 0 Å². The summed E-state index contributed by atoms with van der Waals surface area (Å²) in [6, 6.07) is 0.354. The van der Waals surface area contributed by atoms with E-state index in [2.05, 4.69) is 31.1 Å². The van der Waals surface area contributed by atoms with Crippen LogP contribution in [0.15, 0.2) is 0 Å². The Balaban J connectivity index is 2.66. The van der Waals surface area contributed by atoms with Crippen LogP contribution in [0.25, 0.3) is 0 Å². The lowest BCUT2D eigenvalue weighted by atomic mass is 9.65. The van der Waals surface area contributed by atoms with E-state index >= 15 is 0 Å². The molecule has 0 bridgehead atoms. The zero-order chi connectivity index (χ0) is 11.3. The van der Waals surface area contributed by atoms with Crippen molar-refractivity contribution in [2.24, 2.45) is 17.2 Å². The van der Waals surface area contributed by atoms with Crippen LogP contribution >= 0.6 is 0 Å². The minimum absolute atomic E-state index is 0.354. The van der Waals surface area contributed by atoms with E-state index in [1.54, 1.807) is 0 Å². The molecule has 1 aliphatic rings. The second kappa shape index (κ2) is 5.53. The molecule has 2 atom stereocenters. The van der Waals surface area contributed by atoms with Gasteiger partial charge in [-0.1, -0.05) is 26.7 Å². The van der Waals surface area contributed by atoms with Crippen molar-refractivity contribution < 1.29 is 0 Å². The first-order chi connectivity index (χ1) is 7.11. The van der Waals surface area contributed by atoms with Crippen molar-refractivity contribution in [2.45, 2.75) is 58.9 Å². The molecule has 0 heterocycles. The molecular weight excluding hydrogens is 184 g/mol. The Morgan fingerprint density at radius 3 is 2.73 bits per heavy atom. The molecule has 1 fully saturated rings. The summed E-state index contributed by atoms with van der Waals surface area (Å²) >= 11 is 0. The van der Waals surface area contributed by atoms with Crippen LogP contribution in [0.3, 0.4) is 0 Å². The van der Waals surface area contributed by atoms with E-state index in [-0.39, 0.29) is 0 Å². The topological polar surface area (TPSA) is 38.0 Å². The molecule has 2 heteroatoms. The number of rotatable bonds is 3. The van der Waals surface area contributed by atoms with E-state index in [4.69, 9.17) is 5.84 Å². The fraction of sp³-hybridized carbons (Fsp3) is 0.846. The highest BCUT2D eigenvalue weighted by Crippen LogP contribution is 2.42. The summed E-state index contributed by atoms with van der Waals surface area (Å²) in [5, 5.41) is 0. The lowest BCUT2D eigenvalue weighted by Gasteiger charge is -2.42. The SMILES string of the molecule is CC#CCC(NN)C1CCCCC1(C)C. The van der Waals surface area contributed by atoms with Gasteiger partial charge in [0.25, 0.3) is 0 Å². The standard InChI is InChI=1S/C13H24N2/c1-4-5-9-12(15-14)11-8-6-7-10-13(11,2)3/h11-12,15H,6-10,14H2,1-3H3. The molecule has 0 aromatic heterocycles. The van der Waals surface area contributed by atoms with Crippen molar-refractivity contribution in [3.63, 3.8) is 0 Å². The molecule has 86 valence electrons. The van der Waals surface area contributed by atoms with Crippen molar-refractivity contribution >= 4 is 0 Å². The third-order valence-corrected chi connectivity index (χ3v) is 3.79. The second-order valence-electron chi connectivity index (χ2n) is 5.24. The van der Waals surface area contributed by atoms with Crippen LogP contribution in [0.5, 0.6) is 0 Å². The van der Waals surface area contributed by atoms with Crippen LogP contribution in [0, 0.1) is 23.2 Å². The van der Waals surface area contributed by atoms with Crippen LogP contribution in [-0.2, 0) is 0 Å². The van der Waals surface area contributed by atoms with Crippen LogP contribution in [0.2, 0.25) is 0 Å². The highest BCUT2D eigenvalue weighted by molar-refractivity contribution is 5.01. The molecule has 0 aromatic rings. The molecule has 1 saturated carbocycles. The van der Waals surface area contributed by atoms with Gasteiger partial charge < -0.3 is 0 Å². The lowest BCUT2D eigenvalue weighted by Crippen LogP contribution is -2.47. The maximum absolute atomic E-state index is 5.65. The van der Waals surface area contributed by atoms with Gasteiger partial charge in [-0.25, -0.2) is 0 Å². The van der Waals surface area contributed by atoms with E-state index < -0.39 is 0 Å². The van der Waals surface area contributed by atoms with Gasteiger partial charge in [0, 0.05) is 12.5 Å². The first-order valence-electron chi connectivity index (χ1n) is 5.97. The van der Waals surface area contributed by atoms with Gasteiger partial charge in [0.15, 0.2) is 0 Å². The molecule has 3 N–H and O–H groups in total. The number of hydrogen-bond donors (Lipinski definition) is 2. The van der Waals surface area contributed by atoms with Crippen molar-refractivity contribution in [2.75, 3.05) is 0 Å². The molecule has 0 amide bonds. The van der Waals surface area contributed by atoms with Crippen LogP contribution in [0.4, 0.5) is 0 Å². The normalized spacial score (nSPS) is 26.5. The summed E-state index contributed by atoms with van der Waals surface area (Å²) in [6.07, 6.45) is 6.18. The Morgan fingerprint density at radius 1 is 1.47 bits per heavy atom. The Kier molecular flexibility index (Phi) is 4.63. The molecule has 15 heavy (non-hydrogen) atoms. The van der Waals surface area contributed by atoms with Gasteiger partial charge in [-0.2, -0.15) is 0 Å². The minimum atomic E-state index is 0.354. The highest BCUT2D eigenvalue weighted by Gasteiger charge is 2.36. The Hall–Kier alpha value is -0.520. The number of nitrogens with one attached hydrogen (secondary N) is 1. The van der Waals surface area contributed by atoms with Crippen molar-refractivity contribution in [1.29, 1.82) is 0 Å². The van der Waals surface area contributed by atoms with Gasteiger partial charge in [0.05, 0.1) is 0 Å². The third-order valence-electron chi connectivity index (χ3n) is 3.79. The molecule has 0 aromatic carbocycles. The van der Waals surface area contributed by atoms with E-state index in [0.29, 0.717) is 17.4 Å². The summed E-state index contributed by atoms with van der Waals surface area (Å²) in [7, 11) is 0. The summed E-state index contributed by atoms with van der Waals surface area (Å²) < 4.78 is 0. The monoisotopic (exact) mass is 208 g/mol. The minimum Gasteiger partial charge on any atom is -0.271 e. The molecule has 1 rings (SSSR count). The average molecular weight is 208 g/mol. The highest BCUT2D eigenvalue weighted by atomic mass is 15.2. The summed E-state index contributed by atoms with van der Waals surface area (Å²) in [5.74, 6) is 12.4. The maximum atomic E-state index is 5.65. The van der Waals surface area contributed by atoms with Crippen molar-refractivity contribution in [3.05, 3.63) is 0 Å². The maximum Gasteiger partial charge on any atom is 0.0353 e. The Labute approximate surface area is 94.0 Å². The summed E-state index contributed by atoms with van der Waals surface area (Å²) in [5.41, 5.74) is 3.37. The molecular formula is C13H24N2. The second-order valence-corrected chi connectivity index (χ2v) is 5.24. The van der Waals surface area contributed by atoms with E-state index in [1.165, 1.54) is 25.7 Å². The molecule has 2 nitrogen and oxygen atoms in total. The van der Waals surface area contributed by atoms with Gasteiger partial charge in [0.2, 0.25) is 0 Å². The van der Waals surface area contributed by atoms with E-state index in [9.17, 15) is 0 Å². The molecule has 2 unspecified atom stereocenters. The van der Waals surface area contributed by atoms with E-state index in [1.807, 2.05) is 6.92 Å². The third kappa shape index (κ3) is 3.22. The fourth-order valence-electron chi connectivity index (χ4n) is 2.80. The molecule has 0 radical (unpaired) electrons. The van der Waals surface area contributed by atoms with E-state index in [0.717, 1.165) is 6.42 Å². The van der Waals surface area contributed by atoms with Gasteiger partial charge in [-0.05, 0) is 31.1 Å². The molecule has 1 aliphatic carbocycles. The molecule has 0 aliphatic heterocycles. The van der Waals surface area contributed by atoms with Crippen LogP contribution in [-0.4, -0.2) is 6.04 Å². The number of hydrogen-bond acceptors (Lipinski definition) is 2. The Bertz CT molecular complexity index is 247. The smallest absolute Gasteiger partial charge is 0.0353 e. The lowest BCUT2D eigenvalue weighted by molar-refractivity contribution is 0.0999.